The molecule has 210 valence electrons. The number of rotatable bonds is 4. The largest absolute Gasteiger partial charge is 0.455 e. The van der Waals surface area contributed by atoms with Crippen molar-refractivity contribution in [2.75, 3.05) is 0 Å². The van der Waals surface area contributed by atoms with Gasteiger partial charge in [0, 0.05) is 39.5 Å². The van der Waals surface area contributed by atoms with Crippen LogP contribution in [0.25, 0.3) is 88.8 Å². The second-order valence-electron chi connectivity index (χ2n) is 11.1. The molecule has 0 aliphatic carbocycles. The van der Waals surface area contributed by atoms with Gasteiger partial charge in [-0.2, -0.15) is 0 Å². The molecule has 4 aromatic carbocycles. The van der Waals surface area contributed by atoms with Gasteiger partial charge < -0.3 is 4.42 Å². The first-order valence-corrected chi connectivity index (χ1v) is 14.9. The van der Waals surface area contributed by atoms with Crippen LogP contribution in [0.5, 0.6) is 0 Å². The first-order valence-electron chi connectivity index (χ1n) is 14.9. The molecule has 5 heteroatoms. The Balaban J connectivity index is 1.21. The van der Waals surface area contributed by atoms with Crippen LogP contribution in [0.2, 0.25) is 0 Å². The van der Waals surface area contributed by atoms with Gasteiger partial charge >= 0.3 is 0 Å². The molecule has 0 radical (unpaired) electrons. The minimum Gasteiger partial charge on any atom is -0.455 e. The van der Waals surface area contributed by atoms with E-state index in [1.807, 2.05) is 60.7 Å². The zero-order valence-corrected chi connectivity index (χ0v) is 24.1. The number of fused-ring (bicyclic) bond motifs is 6. The number of furan rings is 1. The van der Waals surface area contributed by atoms with Crippen LogP contribution in [-0.4, -0.2) is 19.9 Å². The molecular weight excluding hydrogens is 552 g/mol. The third-order valence-electron chi connectivity index (χ3n) is 8.40. The lowest BCUT2D eigenvalue weighted by Crippen LogP contribution is -1.94. The highest BCUT2D eigenvalue weighted by Gasteiger charge is 2.16. The molecule has 9 rings (SSSR count). The van der Waals surface area contributed by atoms with Crippen molar-refractivity contribution in [1.82, 2.24) is 19.9 Å². The SMILES string of the molecule is c1ccc(-c2ccc3cc(-c4ccc(-c5cccc6c5oc5ccccc56)cc4)c4ccc(-c5ccccn5)nc4c3n2)nc1. The van der Waals surface area contributed by atoms with E-state index in [-0.39, 0.29) is 0 Å². The molecule has 0 fully saturated rings. The van der Waals surface area contributed by atoms with E-state index in [1.54, 1.807) is 12.4 Å². The van der Waals surface area contributed by atoms with Crippen LogP contribution in [0.15, 0.2) is 150 Å². The number of nitrogens with zero attached hydrogens (tertiary/aromatic N) is 4. The van der Waals surface area contributed by atoms with E-state index in [0.717, 1.165) is 88.8 Å². The second-order valence-corrected chi connectivity index (χ2v) is 11.1. The van der Waals surface area contributed by atoms with Crippen LogP contribution in [0.3, 0.4) is 0 Å². The molecular formula is C40H24N4O. The van der Waals surface area contributed by atoms with E-state index < -0.39 is 0 Å². The lowest BCUT2D eigenvalue weighted by atomic mass is 9.95. The number of hydrogen-bond acceptors (Lipinski definition) is 5. The van der Waals surface area contributed by atoms with Crippen molar-refractivity contribution in [3.63, 3.8) is 0 Å². The van der Waals surface area contributed by atoms with Gasteiger partial charge in [0.2, 0.25) is 0 Å². The average Bonchev–Trinajstić information content (AvgIpc) is 3.51. The zero-order chi connectivity index (χ0) is 29.7. The fourth-order valence-corrected chi connectivity index (χ4v) is 6.22. The Morgan fingerprint density at radius 1 is 0.422 bits per heavy atom. The smallest absolute Gasteiger partial charge is 0.143 e. The first kappa shape index (κ1) is 25.3. The molecule has 0 bridgehead atoms. The predicted octanol–water partition coefficient (Wildman–Crippen LogP) is 10.1. The summed E-state index contributed by atoms with van der Waals surface area (Å²) in [5.41, 5.74) is 11.1. The zero-order valence-electron chi connectivity index (χ0n) is 24.1. The van der Waals surface area contributed by atoms with Gasteiger partial charge in [0.1, 0.15) is 11.2 Å². The third-order valence-corrected chi connectivity index (χ3v) is 8.40. The highest BCUT2D eigenvalue weighted by molar-refractivity contribution is 6.12. The van der Waals surface area contributed by atoms with Gasteiger partial charge in [0.05, 0.1) is 33.8 Å². The Kier molecular flexibility index (Phi) is 5.74. The summed E-state index contributed by atoms with van der Waals surface area (Å²) < 4.78 is 6.32. The molecule has 9 aromatic rings. The summed E-state index contributed by atoms with van der Waals surface area (Å²) in [6.07, 6.45) is 3.58. The average molecular weight is 577 g/mol. The molecule has 0 aliphatic rings. The molecule has 5 heterocycles. The Morgan fingerprint density at radius 3 is 1.80 bits per heavy atom. The molecule has 45 heavy (non-hydrogen) atoms. The van der Waals surface area contributed by atoms with E-state index in [2.05, 4.69) is 82.8 Å². The second kappa shape index (κ2) is 10.2. The quantitative estimate of drug-likeness (QED) is 0.195. The normalized spacial score (nSPS) is 11.6. The predicted molar refractivity (Wildman–Crippen MR) is 182 cm³/mol. The Labute approximate surface area is 258 Å². The van der Waals surface area contributed by atoms with Crippen molar-refractivity contribution in [3.8, 4) is 45.0 Å². The van der Waals surface area contributed by atoms with Crippen LogP contribution in [0.4, 0.5) is 0 Å². The van der Waals surface area contributed by atoms with Gasteiger partial charge in [-0.25, -0.2) is 9.97 Å². The van der Waals surface area contributed by atoms with Crippen LogP contribution in [0, 0.1) is 0 Å². The number of aromatic nitrogens is 4. The minimum atomic E-state index is 0.806. The van der Waals surface area contributed by atoms with E-state index in [0.29, 0.717) is 0 Å². The molecule has 0 aliphatic heterocycles. The van der Waals surface area contributed by atoms with E-state index in [1.165, 1.54) is 0 Å². The monoisotopic (exact) mass is 576 g/mol. The molecule has 0 spiro atoms. The molecule has 0 saturated carbocycles. The minimum absolute atomic E-state index is 0.806. The fraction of sp³-hybridized carbons (Fsp3) is 0. The standard InChI is InChI=1S/C40H24N4O/c1-2-13-37-29(8-1)31-10-7-9-28(40(31)45-37)25-14-16-26(17-15-25)32-24-27-18-20-35(33-11-3-5-22-41-33)43-38(27)39-30(32)19-21-36(44-39)34-12-4-6-23-42-34/h1-24H. The maximum absolute atomic E-state index is 6.32. The summed E-state index contributed by atoms with van der Waals surface area (Å²) in [6.45, 7) is 0. The summed E-state index contributed by atoms with van der Waals surface area (Å²) in [6, 6.07) is 45.5. The Bertz CT molecular complexity index is 2520. The van der Waals surface area contributed by atoms with Crippen molar-refractivity contribution in [3.05, 3.63) is 146 Å². The molecule has 0 amide bonds. The van der Waals surface area contributed by atoms with Crippen LogP contribution in [-0.2, 0) is 0 Å². The van der Waals surface area contributed by atoms with Crippen LogP contribution < -0.4 is 0 Å². The van der Waals surface area contributed by atoms with Gasteiger partial charge in [-0.15, -0.1) is 0 Å². The molecule has 0 atom stereocenters. The first-order chi connectivity index (χ1) is 22.3. The van der Waals surface area contributed by atoms with Gasteiger partial charge in [-0.3, -0.25) is 9.97 Å². The summed E-state index contributed by atoms with van der Waals surface area (Å²) in [7, 11) is 0. The van der Waals surface area contributed by atoms with E-state index in [4.69, 9.17) is 14.4 Å². The van der Waals surface area contributed by atoms with Crippen molar-refractivity contribution < 1.29 is 4.42 Å². The Hall–Kier alpha value is -6.20. The highest BCUT2D eigenvalue weighted by Crippen LogP contribution is 2.39. The molecule has 0 saturated heterocycles. The molecule has 0 N–H and O–H groups in total. The number of pyridine rings is 4. The molecule has 5 aromatic heterocycles. The highest BCUT2D eigenvalue weighted by atomic mass is 16.3. The van der Waals surface area contributed by atoms with Gasteiger partial charge in [-0.1, -0.05) is 78.9 Å². The van der Waals surface area contributed by atoms with Crippen molar-refractivity contribution >= 4 is 43.7 Å². The van der Waals surface area contributed by atoms with E-state index >= 15 is 0 Å². The summed E-state index contributed by atoms with van der Waals surface area (Å²) in [4.78, 5) is 19.3. The topological polar surface area (TPSA) is 64.7 Å². The lowest BCUT2D eigenvalue weighted by molar-refractivity contribution is 0.670. The van der Waals surface area contributed by atoms with Crippen LogP contribution >= 0.6 is 0 Å². The summed E-state index contributed by atoms with van der Waals surface area (Å²) in [5.74, 6) is 0. The molecule has 0 unspecified atom stereocenters. The van der Waals surface area contributed by atoms with Crippen molar-refractivity contribution in [2.45, 2.75) is 0 Å². The van der Waals surface area contributed by atoms with Gasteiger partial charge in [0.25, 0.3) is 0 Å². The van der Waals surface area contributed by atoms with Crippen molar-refractivity contribution in [1.29, 1.82) is 0 Å². The maximum Gasteiger partial charge on any atom is 0.143 e. The Morgan fingerprint density at radius 2 is 1.07 bits per heavy atom. The van der Waals surface area contributed by atoms with Gasteiger partial charge in [-0.05, 0) is 71.3 Å². The molecule has 5 nitrogen and oxygen atoms in total. The van der Waals surface area contributed by atoms with Crippen molar-refractivity contribution in [2.24, 2.45) is 0 Å². The lowest BCUT2D eigenvalue weighted by Gasteiger charge is -2.13. The number of benzene rings is 4. The summed E-state index contributed by atoms with van der Waals surface area (Å²) in [5, 5.41) is 4.30. The third kappa shape index (κ3) is 4.25. The number of para-hydroxylation sites is 2. The van der Waals surface area contributed by atoms with E-state index in [9.17, 15) is 0 Å². The fourth-order valence-electron chi connectivity index (χ4n) is 6.22. The number of hydrogen-bond donors (Lipinski definition) is 0. The maximum atomic E-state index is 6.32. The summed E-state index contributed by atoms with van der Waals surface area (Å²) >= 11 is 0. The van der Waals surface area contributed by atoms with Gasteiger partial charge in [0.15, 0.2) is 0 Å². The van der Waals surface area contributed by atoms with Crippen LogP contribution in [0.1, 0.15) is 0 Å².